The number of hydrogen-bond donors (Lipinski definition) is 0. The maximum Gasteiger partial charge on any atom is 0.254 e. The van der Waals surface area contributed by atoms with Crippen LogP contribution < -0.4 is 0 Å². The van der Waals surface area contributed by atoms with Crippen LogP contribution in [0.3, 0.4) is 0 Å². The minimum atomic E-state index is -0.273. The summed E-state index contributed by atoms with van der Waals surface area (Å²) in [5, 5.41) is 1.99. The predicted octanol–water partition coefficient (Wildman–Crippen LogP) is 4.80. The fourth-order valence-electron chi connectivity index (χ4n) is 3.65. The molecule has 1 unspecified atom stereocenters. The molecule has 4 rings (SSSR count). The standard InChI is InChI=1S/C23H22FNO2/c24-19-12-10-17(11-13-19)15-25(16-20-7-4-14-27-20)23(26)22-9-3-6-18-5-1-2-8-21(18)22/h1-3,5-6,8-13,20H,4,7,14-16H2. The first kappa shape index (κ1) is 17.7. The Balaban J connectivity index is 1.65. The largest absolute Gasteiger partial charge is 0.376 e. The summed E-state index contributed by atoms with van der Waals surface area (Å²) in [6, 6.07) is 20.0. The van der Waals surface area contributed by atoms with Crippen LogP contribution in [0.5, 0.6) is 0 Å². The van der Waals surface area contributed by atoms with Crippen molar-refractivity contribution in [2.75, 3.05) is 13.2 Å². The van der Waals surface area contributed by atoms with Crippen molar-refractivity contribution in [1.82, 2.24) is 4.90 Å². The van der Waals surface area contributed by atoms with Gasteiger partial charge in [0.25, 0.3) is 5.91 Å². The first-order valence-corrected chi connectivity index (χ1v) is 9.34. The summed E-state index contributed by atoms with van der Waals surface area (Å²) >= 11 is 0. The van der Waals surface area contributed by atoms with Crippen molar-refractivity contribution in [3.8, 4) is 0 Å². The lowest BCUT2D eigenvalue weighted by Gasteiger charge is -2.26. The van der Waals surface area contributed by atoms with Gasteiger partial charge >= 0.3 is 0 Å². The number of carbonyl (C=O) groups is 1. The van der Waals surface area contributed by atoms with Crippen LogP contribution in [0.4, 0.5) is 4.39 Å². The lowest BCUT2D eigenvalue weighted by molar-refractivity contribution is 0.0508. The molecule has 1 heterocycles. The molecule has 3 aromatic carbocycles. The number of carbonyl (C=O) groups excluding carboxylic acids is 1. The van der Waals surface area contributed by atoms with Gasteiger partial charge < -0.3 is 9.64 Å². The monoisotopic (exact) mass is 363 g/mol. The average Bonchev–Trinajstić information content (AvgIpc) is 3.21. The van der Waals surface area contributed by atoms with E-state index in [4.69, 9.17) is 4.74 Å². The van der Waals surface area contributed by atoms with Gasteiger partial charge in [0.2, 0.25) is 0 Å². The number of halogens is 1. The molecule has 0 aromatic heterocycles. The topological polar surface area (TPSA) is 29.5 Å². The van der Waals surface area contributed by atoms with E-state index < -0.39 is 0 Å². The van der Waals surface area contributed by atoms with Crippen molar-refractivity contribution < 1.29 is 13.9 Å². The lowest BCUT2D eigenvalue weighted by Crippen LogP contribution is -2.37. The minimum absolute atomic E-state index is 0.0216. The Bertz CT molecular complexity index is 927. The summed E-state index contributed by atoms with van der Waals surface area (Å²) in [6.45, 7) is 1.72. The van der Waals surface area contributed by atoms with Gasteiger partial charge in [-0.15, -0.1) is 0 Å². The fraction of sp³-hybridized carbons (Fsp3) is 0.261. The van der Waals surface area contributed by atoms with Gasteiger partial charge in [-0.25, -0.2) is 4.39 Å². The fourth-order valence-corrected chi connectivity index (χ4v) is 3.65. The summed E-state index contributed by atoms with van der Waals surface area (Å²) in [6.07, 6.45) is 2.05. The van der Waals surface area contributed by atoms with E-state index in [1.54, 1.807) is 12.1 Å². The molecule has 0 bridgehead atoms. The van der Waals surface area contributed by atoms with E-state index >= 15 is 0 Å². The highest BCUT2D eigenvalue weighted by Gasteiger charge is 2.24. The average molecular weight is 363 g/mol. The van der Waals surface area contributed by atoms with Crippen LogP contribution in [0.2, 0.25) is 0 Å². The van der Waals surface area contributed by atoms with Crippen molar-refractivity contribution in [1.29, 1.82) is 0 Å². The number of benzene rings is 3. The summed E-state index contributed by atoms with van der Waals surface area (Å²) in [5.74, 6) is -0.295. The smallest absolute Gasteiger partial charge is 0.254 e. The second kappa shape index (κ2) is 7.89. The quantitative estimate of drug-likeness (QED) is 0.652. The molecular formula is C23H22FNO2. The van der Waals surface area contributed by atoms with E-state index in [2.05, 4.69) is 0 Å². The number of nitrogens with zero attached hydrogens (tertiary/aromatic N) is 1. The Kier molecular flexibility index (Phi) is 5.16. The molecule has 1 aliphatic heterocycles. The van der Waals surface area contributed by atoms with Gasteiger partial charge in [-0.1, -0.05) is 48.5 Å². The van der Waals surface area contributed by atoms with Gasteiger partial charge in [0.05, 0.1) is 6.10 Å². The van der Waals surface area contributed by atoms with E-state index in [-0.39, 0.29) is 17.8 Å². The van der Waals surface area contributed by atoms with E-state index in [9.17, 15) is 9.18 Å². The molecule has 0 saturated carbocycles. The Morgan fingerprint density at radius 3 is 2.59 bits per heavy atom. The molecule has 4 heteroatoms. The van der Waals surface area contributed by atoms with E-state index in [1.165, 1.54) is 12.1 Å². The van der Waals surface area contributed by atoms with Crippen LogP contribution in [0.25, 0.3) is 10.8 Å². The van der Waals surface area contributed by atoms with Crippen molar-refractivity contribution >= 4 is 16.7 Å². The molecule has 1 amide bonds. The number of hydrogen-bond acceptors (Lipinski definition) is 2. The zero-order valence-corrected chi connectivity index (χ0v) is 15.1. The highest BCUT2D eigenvalue weighted by molar-refractivity contribution is 6.07. The summed E-state index contributed by atoms with van der Waals surface area (Å²) < 4.78 is 19.0. The number of amides is 1. The zero-order valence-electron chi connectivity index (χ0n) is 15.1. The van der Waals surface area contributed by atoms with E-state index in [0.29, 0.717) is 18.7 Å². The van der Waals surface area contributed by atoms with Crippen molar-refractivity contribution in [3.05, 3.63) is 83.7 Å². The number of ether oxygens (including phenoxy) is 1. The summed E-state index contributed by atoms with van der Waals surface area (Å²) in [5.41, 5.74) is 1.59. The molecular weight excluding hydrogens is 341 g/mol. The minimum Gasteiger partial charge on any atom is -0.376 e. The van der Waals surface area contributed by atoms with Gasteiger partial charge in [-0.2, -0.15) is 0 Å². The Morgan fingerprint density at radius 2 is 1.81 bits per heavy atom. The molecule has 27 heavy (non-hydrogen) atoms. The van der Waals surface area contributed by atoms with Gasteiger partial charge in [0.1, 0.15) is 5.82 Å². The Hall–Kier alpha value is -2.72. The van der Waals surface area contributed by atoms with Crippen molar-refractivity contribution in [2.24, 2.45) is 0 Å². The van der Waals surface area contributed by atoms with E-state index in [1.807, 2.05) is 47.4 Å². The lowest BCUT2D eigenvalue weighted by atomic mass is 10.0. The molecule has 1 saturated heterocycles. The zero-order chi connectivity index (χ0) is 18.6. The van der Waals surface area contributed by atoms with Crippen LogP contribution >= 0.6 is 0 Å². The molecule has 1 aliphatic rings. The van der Waals surface area contributed by atoms with Crippen molar-refractivity contribution in [2.45, 2.75) is 25.5 Å². The van der Waals surface area contributed by atoms with Gasteiger partial charge in [-0.3, -0.25) is 4.79 Å². The number of fused-ring (bicyclic) bond motifs is 1. The molecule has 138 valence electrons. The first-order chi connectivity index (χ1) is 13.2. The third-order valence-corrected chi connectivity index (χ3v) is 5.04. The second-order valence-corrected chi connectivity index (χ2v) is 6.97. The first-order valence-electron chi connectivity index (χ1n) is 9.34. The molecule has 3 nitrogen and oxygen atoms in total. The van der Waals surface area contributed by atoms with Crippen LogP contribution in [0, 0.1) is 5.82 Å². The third kappa shape index (κ3) is 4.01. The molecule has 0 N–H and O–H groups in total. The molecule has 3 aromatic rings. The van der Waals surface area contributed by atoms with Gasteiger partial charge in [0, 0.05) is 25.3 Å². The Labute approximate surface area is 158 Å². The highest BCUT2D eigenvalue weighted by Crippen LogP contribution is 2.23. The summed E-state index contributed by atoms with van der Waals surface area (Å²) in [7, 11) is 0. The van der Waals surface area contributed by atoms with Crippen LogP contribution in [-0.4, -0.2) is 30.1 Å². The molecule has 1 atom stereocenters. The van der Waals surface area contributed by atoms with Crippen molar-refractivity contribution in [3.63, 3.8) is 0 Å². The third-order valence-electron chi connectivity index (χ3n) is 5.04. The van der Waals surface area contributed by atoms with E-state index in [0.717, 1.165) is 35.8 Å². The van der Waals surface area contributed by atoms with Crippen LogP contribution in [0.15, 0.2) is 66.7 Å². The van der Waals surface area contributed by atoms with Crippen LogP contribution in [0.1, 0.15) is 28.8 Å². The number of rotatable bonds is 5. The highest BCUT2D eigenvalue weighted by atomic mass is 19.1. The maximum absolute atomic E-state index is 13.4. The van der Waals surface area contributed by atoms with Gasteiger partial charge in [-0.05, 0) is 47.4 Å². The molecule has 0 spiro atoms. The Morgan fingerprint density at radius 1 is 1.04 bits per heavy atom. The van der Waals surface area contributed by atoms with Crippen LogP contribution in [-0.2, 0) is 11.3 Å². The van der Waals surface area contributed by atoms with Gasteiger partial charge in [0.15, 0.2) is 0 Å². The molecule has 0 radical (unpaired) electrons. The maximum atomic E-state index is 13.4. The molecule has 1 fully saturated rings. The predicted molar refractivity (Wildman–Crippen MR) is 104 cm³/mol. The SMILES string of the molecule is O=C(c1cccc2ccccc12)N(Cc1ccc(F)cc1)CC1CCCO1. The second-order valence-electron chi connectivity index (χ2n) is 6.97. The normalized spacial score (nSPS) is 16.6. The summed E-state index contributed by atoms with van der Waals surface area (Å²) in [4.78, 5) is 15.2. The molecule has 0 aliphatic carbocycles.